The summed E-state index contributed by atoms with van der Waals surface area (Å²) in [4.78, 5) is 38.2. The third kappa shape index (κ3) is 2.06. The van der Waals surface area contributed by atoms with E-state index in [1.54, 1.807) is 23.4 Å². The van der Waals surface area contributed by atoms with E-state index < -0.39 is 23.6 Å². The van der Waals surface area contributed by atoms with Crippen LogP contribution in [0.2, 0.25) is 0 Å². The first kappa shape index (κ1) is 15.2. The predicted octanol–water partition coefficient (Wildman–Crippen LogP) is 1.16. The van der Waals surface area contributed by atoms with E-state index in [9.17, 15) is 14.4 Å². The number of ether oxygens (including phenoxy) is 1. The van der Waals surface area contributed by atoms with Crippen molar-refractivity contribution >= 4 is 17.9 Å². The van der Waals surface area contributed by atoms with Gasteiger partial charge in [0.15, 0.2) is 0 Å². The van der Waals surface area contributed by atoms with Gasteiger partial charge >= 0.3 is 6.09 Å². The summed E-state index contributed by atoms with van der Waals surface area (Å²) in [7, 11) is 0. The highest BCUT2D eigenvalue weighted by atomic mass is 16.6. The molecule has 1 aromatic heterocycles. The molecule has 0 N–H and O–H groups in total. The second-order valence-electron chi connectivity index (χ2n) is 6.98. The van der Waals surface area contributed by atoms with E-state index >= 15 is 0 Å². The normalized spacial score (nSPS) is 29.2. The zero-order valence-corrected chi connectivity index (χ0v) is 13.6. The van der Waals surface area contributed by atoms with Gasteiger partial charge < -0.3 is 9.15 Å². The molecule has 24 heavy (non-hydrogen) atoms. The number of amides is 3. The first-order valence-electron chi connectivity index (χ1n) is 8.01. The summed E-state index contributed by atoms with van der Waals surface area (Å²) >= 11 is 0. The molecule has 2 atom stereocenters. The van der Waals surface area contributed by atoms with E-state index in [-0.39, 0.29) is 31.5 Å². The van der Waals surface area contributed by atoms with Crippen LogP contribution >= 0.6 is 0 Å². The molecule has 0 saturated carbocycles. The molecule has 3 saturated heterocycles. The standard InChI is InChI=1S/C16H19N3O5/c1-16(2)8-12(20)18-9-10(14(21)17-5-7-24-15(17)22)13(19(16)18)11-4-3-6-23-11/h3-4,6,10,13H,5,7-9H2,1-2H3/t10-,13-/m1/s1. The SMILES string of the molecule is CC1(C)CC(=O)N2C[C@@H](C(=O)N3CCOC3=O)[C@H](c3ccco3)N21. The second-order valence-corrected chi connectivity index (χ2v) is 6.98. The Kier molecular flexibility index (Phi) is 3.21. The Balaban J connectivity index is 1.72. The zero-order valence-electron chi connectivity index (χ0n) is 13.6. The Morgan fingerprint density at radius 2 is 2.12 bits per heavy atom. The van der Waals surface area contributed by atoms with Gasteiger partial charge in [-0.3, -0.25) is 14.6 Å². The molecule has 3 aliphatic heterocycles. The minimum absolute atomic E-state index is 0.0177. The Bertz CT molecular complexity index is 699. The van der Waals surface area contributed by atoms with Crippen LogP contribution in [0.25, 0.3) is 0 Å². The van der Waals surface area contributed by atoms with Gasteiger partial charge in [-0.25, -0.2) is 14.7 Å². The molecule has 4 rings (SSSR count). The van der Waals surface area contributed by atoms with Crippen molar-refractivity contribution in [3.8, 4) is 0 Å². The number of cyclic esters (lactones) is 1. The molecule has 3 aliphatic rings. The van der Waals surface area contributed by atoms with E-state index in [1.807, 2.05) is 18.9 Å². The van der Waals surface area contributed by atoms with E-state index in [4.69, 9.17) is 9.15 Å². The summed E-state index contributed by atoms with van der Waals surface area (Å²) in [5.41, 5.74) is -0.422. The minimum atomic E-state index is -0.620. The molecule has 0 aromatic carbocycles. The lowest BCUT2D eigenvalue weighted by Gasteiger charge is -2.35. The van der Waals surface area contributed by atoms with Crippen molar-refractivity contribution < 1.29 is 23.5 Å². The molecule has 1 aromatic rings. The van der Waals surface area contributed by atoms with Crippen molar-refractivity contribution in [2.45, 2.75) is 31.8 Å². The number of carbonyl (C=O) groups excluding carboxylic acids is 3. The van der Waals surface area contributed by atoms with Gasteiger partial charge in [0.2, 0.25) is 11.8 Å². The maximum Gasteiger partial charge on any atom is 0.416 e. The number of imide groups is 1. The highest BCUT2D eigenvalue weighted by Crippen LogP contribution is 2.47. The number of rotatable bonds is 2. The van der Waals surface area contributed by atoms with Crippen molar-refractivity contribution in [1.82, 2.24) is 14.9 Å². The Labute approximate surface area is 138 Å². The smallest absolute Gasteiger partial charge is 0.416 e. The van der Waals surface area contributed by atoms with Gasteiger partial charge in [0.05, 0.1) is 25.3 Å². The van der Waals surface area contributed by atoms with Gasteiger partial charge in [-0.15, -0.1) is 0 Å². The van der Waals surface area contributed by atoms with E-state index in [2.05, 4.69) is 0 Å². The van der Waals surface area contributed by atoms with Gasteiger partial charge in [0.25, 0.3) is 0 Å². The van der Waals surface area contributed by atoms with Gasteiger partial charge in [-0.2, -0.15) is 0 Å². The third-order valence-corrected chi connectivity index (χ3v) is 4.95. The fourth-order valence-electron chi connectivity index (χ4n) is 3.95. The van der Waals surface area contributed by atoms with E-state index in [0.29, 0.717) is 12.2 Å². The monoisotopic (exact) mass is 333 g/mol. The summed E-state index contributed by atoms with van der Waals surface area (Å²) in [6.07, 6.45) is 1.32. The van der Waals surface area contributed by atoms with E-state index in [0.717, 1.165) is 4.90 Å². The van der Waals surface area contributed by atoms with Gasteiger partial charge in [0, 0.05) is 12.0 Å². The molecule has 128 valence electrons. The first-order valence-corrected chi connectivity index (χ1v) is 8.01. The Morgan fingerprint density at radius 3 is 2.75 bits per heavy atom. The summed E-state index contributed by atoms with van der Waals surface area (Å²) in [5, 5.41) is 3.55. The average Bonchev–Trinajstić information content (AvgIpc) is 3.26. The summed E-state index contributed by atoms with van der Waals surface area (Å²) in [6, 6.07) is 3.15. The maximum atomic E-state index is 12.9. The lowest BCUT2D eigenvalue weighted by molar-refractivity contribution is -0.137. The average molecular weight is 333 g/mol. The second kappa shape index (κ2) is 5.07. The molecular weight excluding hydrogens is 314 g/mol. The van der Waals surface area contributed by atoms with Crippen LogP contribution in [0.1, 0.15) is 32.1 Å². The molecule has 0 bridgehead atoms. The van der Waals surface area contributed by atoms with E-state index in [1.165, 1.54) is 0 Å². The molecule has 0 unspecified atom stereocenters. The predicted molar refractivity (Wildman–Crippen MR) is 80.2 cm³/mol. The highest BCUT2D eigenvalue weighted by molar-refractivity contribution is 5.95. The van der Waals surface area contributed by atoms with Gasteiger partial charge in [0.1, 0.15) is 18.4 Å². The first-order chi connectivity index (χ1) is 11.4. The number of hydrazine groups is 1. The molecule has 8 heteroatoms. The highest BCUT2D eigenvalue weighted by Gasteiger charge is 2.58. The van der Waals surface area contributed by atoms with Crippen LogP contribution in [0.4, 0.5) is 4.79 Å². The molecule has 4 heterocycles. The summed E-state index contributed by atoms with van der Waals surface area (Å²) < 4.78 is 10.4. The summed E-state index contributed by atoms with van der Waals surface area (Å²) in [6.45, 7) is 4.64. The third-order valence-electron chi connectivity index (χ3n) is 4.95. The quantitative estimate of drug-likeness (QED) is 0.807. The van der Waals surface area contributed by atoms with Crippen molar-refractivity contribution in [3.63, 3.8) is 0 Å². The van der Waals surface area contributed by atoms with Crippen molar-refractivity contribution in [3.05, 3.63) is 24.2 Å². The molecule has 0 aliphatic carbocycles. The van der Waals surface area contributed by atoms with Crippen LogP contribution in [0.5, 0.6) is 0 Å². The Hall–Kier alpha value is -2.35. The van der Waals surface area contributed by atoms with Crippen LogP contribution in [0, 0.1) is 5.92 Å². The fraction of sp³-hybridized carbons (Fsp3) is 0.562. The number of furan rings is 1. The molecule has 8 nitrogen and oxygen atoms in total. The number of nitrogens with zero attached hydrogens (tertiary/aromatic N) is 3. The molecule has 3 amide bonds. The zero-order chi connectivity index (χ0) is 17.1. The largest absolute Gasteiger partial charge is 0.468 e. The molecule has 0 radical (unpaired) electrons. The number of hydrogen-bond donors (Lipinski definition) is 0. The van der Waals surface area contributed by atoms with Crippen LogP contribution in [-0.2, 0) is 14.3 Å². The number of carbonyl (C=O) groups is 3. The number of hydrogen-bond acceptors (Lipinski definition) is 6. The lowest BCUT2D eigenvalue weighted by atomic mass is 9.92. The van der Waals surface area contributed by atoms with Crippen LogP contribution in [-0.4, -0.2) is 58.1 Å². The minimum Gasteiger partial charge on any atom is -0.468 e. The van der Waals surface area contributed by atoms with Gasteiger partial charge in [-0.05, 0) is 26.0 Å². The van der Waals surface area contributed by atoms with Crippen LogP contribution < -0.4 is 0 Å². The van der Waals surface area contributed by atoms with Crippen molar-refractivity contribution in [2.24, 2.45) is 5.92 Å². The Morgan fingerprint density at radius 1 is 1.33 bits per heavy atom. The van der Waals surface area contributed by atoms with Gasteiger partial charge in [-0.1, -0.05) is 0 Å². The molecule has 3 fully saturated rings. The lowest BCUT2D eigenvalue weighted by Crippen LogP contribution is -2.45. The topological polar surface area (TPSA) is 83.3 Å². The van der Waals surface area contributed by atoms with Crippen LogP contribution in [0.15, 0.2) is 22.8 Å². The fourth-order valence-corrected chi connectivity index (χ4v) is 3.95. The number of fused-ring (bicyclic) bond motifs is 1. The summed E-state index contributed by atoms with van der Waals surface area (Å²) in [5.74, 6) is -0.288. The van der Waals surface area contributed by atoms with Crippen molar-refractivity contribution in [2.75, 3.05) is 19.7 Å². The maximum absolute atomic E-state index is 12.9. The molecular formula is C16H19N3O5. The van der Waals surface area contributed by atoms with Crippen LogP contribution in [0.3, 0.4) is 0 Å². The van der Waals surface area contributed by atoms with Crippen molar-refractivity contribution in [1.29, 1.82) is 0 Å². The molecule has 0 spiro atoms.